The van der Waals surface area contributed by atoms with Crippen molar-refractivity contribution in [2.75, 3.05) is 26.2 Å². The molecule has 2 saturated heterocycles. The van der Waals surface area contributed by atoms with Crippen molar-refractivity contribution in [2.24, 2.45) is 5.92 Å². The van der Waals surface area contributed by atoms with Crippen molar-refractivity contribution >= 4 is 22.8 Å². The van der Waals surface area contributed by atoms with E-state index in [9.17, 15) is 14.0 Å². The zero-order chi connectivity index (χ0) is 18.3. The van der Waals surface area contributed by atoms with Crippen molar-refractivity contribution in [1.82, 2.24) is 15.0 Å². The van der Waals surface area contributed by atoms with Crippen molar-refractivity contribution < 1.29 is 18.5 Å². The van der Waals surface area contributed by atoms with Gasteiger partial charge in [-0.2, -0.15) is 0 Å². The van der Waals surface area contributed by atoms with Crippen LogP contribution in [-0.4, -0.2) is 52.9 Å². The largest absolute Gasteiger partial charge is 0.356 e. The van der Waals surface area contributed by atoms with E-state index in [-0.39, 0.29) is 29.5 Å². The second-order valence-corrected chi connectivity index (χ2v) is 6.95. The first-order chi connectivity index (χ1) is 12.6. The minimum absolute atomic E-state index is 0.105. The normalized spacial score (nSPS) is 18.8. The molecule has 7 heteroatoms. The number of piperidine rings is 1. The Hall–Kier alpha value is -2.70. The van der Waals surface area contributed by atoms with Gasteiger partial charge in [0.2, 0.25) is 11.8 Å². The number of benzene rings is 1. The molecule has 0 spiro atoms. The maximum atomic E-state index is 13.3. The lowest BCUT2D eigenvalue weighted by molar-refractivity contribution is -0.146. The molecule has 1 aromatic heterocycles. The maximum Gasteiger partial charge on any atom is 0.246 e. The molecule has 0 bridgehead atoms. The lowest BCUT2D eigenvalue weighted by Gasteiger charge is -2.41. The van der Waals surface area contributed by atoms with Gasteiger partial charge in [0.05, 0.1) is 11.6 Å². The van der Waals surface area contributed by atoms with Crippen LogP contribution in [0, 0.1) is 11.7 Å². The van der Waals surface area contributed by atoms with Gasteiger partial charge in [-0.1, -0.05) is 11.7 Å². The third-order valence-electron chi connectivity index (χ3n) is 5.37. The smallest absolute Gasteiger partial charge is 0.246 e. The van der Waals surface area contributed by atoms with E-state index in [1.165, 1.54) is 18.2 Å². The molecule has 3 heterocycles. The summed E-state index contributed by atoms with van der Waals surface area (Å²) < 4.78 is 18.5. The van der Waals surface area contributed by atoms with E-state index in [0.29, 0.717) is 31.8 Å². The Balaban J connectivity index is 1.36. The van der Waals surface area contributed by atoms with Gasteiger partial charge in [0.25, 0.3) is 0 Å². The van der Waals surface area contributed by atoms with Gasteiger partial charge in [0.1, 0.15) is 5.82 Å². The minimum Gasteiger partial charge on any atom is -0.356 e. The van der Waals surface area contributed by atoms with E-state index in [0.717, 1.165) is 23.9 Å². The van der Waals surface area contributed by atoms with Crippen molar-refractivity contribution in [1.29, 1.82) is 0 Å². The zero-order valence-corrected chi connectivity index (χ0v) is 14.4. The van der Waals surface area contributed by atoms with Crippen molar-refractivity contribution in [3.63, 3.8) is 0 Å². The summed E-state index contributed by atoms with van der Waals surface area (Å²) >= 11 is 0. The van der Waals surface area contributed by atoms with E-state index in [1.807, 2.05) is 4.90 Å². The number of amides is 2. The molecule has 0 radical (unpaired) electrons. The molecular weight excluding hydrogens is 337 g/mol. The Labute approximate surface area is 150 Å². The van der Waals surface area contributed by atoms with Crippen LogP contribution in [0.15, 0.2) is 35.4 Å². The predicted octanol–water partition coefficient (Wildman–Crippen LogP) is 2.32. The van der Waals surface area contributed by atoms with Crippen LogP contribution in [0.5, 0.6) is 0 Å². The second kappa shape index (κ2) is 6.55. The number of hydrogen-bond donors (Lipinski definition) is 0. The summed E-state index contributed by atoms with van der Waals surface area (Å²) in [4.78, 5) is 27.6. The molecule has 2 amide bonds. The van der Waals surface area contributed by atoms with Gasteiger partial charge in [-0.05, 0) is 31.1 Å². The molecule has 0 atom stereocenters. The number of carbonyl (C=O) groups is 2. The number of nitrogens with zero attached hydrogens (tertiary/aromatic N) is 3. The third-order valence-corrected chi connectivity index (χ3v) is 5.37. The molecule has 0 aliphatic carbocycles. The first-order valence-electron chi connectivity index (χ1n) is 8.81. The summed E-state index contributed by atoms with van der Waals surface area (Å²) in [6, 6.07) is 4.46. The van der Waals surface area contributed by atoms with Crippen LogP contribution in [0.2, 0.25) is 0 Å². The van der Waals surface area contributed by atoms with Gasteiger partial charge >= 0.3 is 0 Å². The SMILES string of the molecule is C=CC(=O)N1CC(C(=O)N2CCC(c3noc4cc(F)ccc34)CC2)C1. The molecule has 1 aromatic carbocycles. The average Bonchev–Trinajstić information content (AvgIpc) is 3.03. The molecule has 136 valence electrons. The zero-order valence-electron chi connectivity index (χ0n) is 14.4. The Morgan fingerprint density at radius 1 is 1.23 bits per heavy atom. The standard InChI is InChI=1S/C19H20FN3O3/c1-2-17(24)23-10-13(11-23)19(25)22-7-5-12(6-8-22)18-15-4-3-14(20)9-16(15)26-21-18/h2-4,9,12-13H,1,5-8,10-11H2. The van der Waals surface area contributed by atoms with Gasteiger partial charge in [-0.25, -0.2) is 4.39 Å². The summed E-state index contributed by atoms with van der Waals surface area (Å²) in [5, 5.41) is 4.97. The van der Waals surface area contributed by atoms with E-state index in [1.54, 1.807) is 11.0 Å². The highest BCUT2D eigenvalue weighted by molar-refractivity contribution is 5.90. The Bertz CT molecular complexity index is 864. The second-order valence-electron chi connectivity index (χ2n) is 6.95. The van der Waals surface area contributed by atoms with Gasteiger partial charge in [0, 0.05) is 43.5 Å². The number of fused-ring (bicyclic) bond motifs is 1. The predicted molar refractivity (Wildman–Crippen MR) is 92.8 cm³/mol. The van der Waals surface area contributed by atoms with E-state index in [2.05, 4.69) is 11.7 Å². The molecule has 0 N–H and O–H groups in total. The van der Waals surface area contributed by atoms with E-state index in [4.69, 9.17) is 4.52 Å². The molecule has 2 aliphatic rings. The number of halogens is 1. The average molecular weight is 357 g/mol. The lowest BCUT2D eigenvalue weighted by atomic mass is 9.90. The lowest BCUT2D eigenvalue weighted by Crippen LogP contribution is -2.56. The summed E-state index contributed by atoms with van der Waals surface area (Å²) in [5.41, 5.74) is 1.30. The van der Waals surface area contributed by atoms with Crippen molar-refractivity contribution in [3.05, 3.63) is 42.4 Å². The monoisotopic (exact) mass is 357 g/mol. The highest BCUT2D eigenvalue weighted by atomic mass is 19.1. The summed E-state index contributed by atoms with van der Waals surface area (Å²) in [6.07, 6.45) is 2.87. The molecular formula is C19H20FN3O3. The summed E-state index contributed by atoms with van der Waals surface area (Å²) in [7, 11) is 0. The first-order valence-corrected chi connectivity index (χ1v) is 8.81. The number of rotatable bonds is 3. The highest BCUT2D eigenvalue weighted by Gasteiger charge is 2.38. The van der Waals surface area contributed by atoms with Crippen LogP contribution in [0.1, 0.15) is 24.5 Å². The number of hydrogen-bond acceptors (Lipinski definition) is 4. The molecule has 2 fully saturated rings. The van der Waals surface area contributed by atoms with Gasteiger partial charge in [-0.15, -0.1) is 0 Å². The molecule has 26 heavy (non-hydrogen) atoms. The van der Waals surface area contributed by atoms with Crippen LogP contribution >= 0.6 is 0 Å². The Morgan fingerprint density at radius 3 is 2.65 bits per heavy atom. The molecule has 0 unspecified atom stereocenters. The maximum absolute atomic E-state index is 13.3. The van der Waals surface area contributed by atoms with Crippen LogP contribution < -0.4 is 0 Å². The topological polar surface area (TPSA) is 66.7 Å². The van der Waals surface area contributed by atoms with E-state index >= 15 is 0 Å². The van der Waals surface area contributed by atoms with Crippen LogP contribution in [0.4, 0.5) is 4.39 Å². The van der Waals surface area contributed by atoms with Gasteiger partial charge in [0.15, 0.2) is 5.58 Å². The van der Waals surface area contributed by atoms with Crippen LogP contribution in [0.25, 0.3) is 11.0 Å². The highest BCUT2D eigenvalue weighted by Crippen LogP contribution is 2.33. The molecule has 0 saturated carbocycles. The molecule has 2 aliphatic heterocycles. The third kappa shape index (κ3) is 2.87. The van der Waals surface area contributed by atoms with Gasteiger partial charge < -0.3 is 14.3 Å². The van der Waals surface area contributed by atoms with Crippen molar-refractivity contribution in [3.8, 4) is 0 Å². The summed E-state index contributed by atoms with van der Waals surface area (Å²) in [6.45, 7) is 5.73. The fourth-order valence-electron chi connectivity index (χ4n) is 3.80. The van der Waals surface area contributed by atoms with E-state index < -0.39 is 0 Å². The Kier molecular flexibility index (Phi) is 4.22. The molecule has 2 aromatic rings. The number of aromatic nitrogens is 1. The van der Waals surface area contributed by atoms with Crippen LogP contribution in [-0.2, 0) is 9.59 Å². The number of carbonyl (C=O) groups excluding carboxylic acids is 2. The quantitative estimate of drug-likeness (QED) is 0.791. The fraction of sp³-hybridized carbons (Fsp3) is 0.421. The minimum atomic E-state index is -0.343. The molecule has 6 nitrogen and oxygen atoms in total. The fourth-order valence-corrected chi connectivity index (χ4v) is 3.80. The Morgan fingerprint density at radius 2 is 1.96 bits per heavy atom. The first kappa shape index (κ1) is 16.8. The summed E-state index contributed by atoms with van der Waals surface area (Å²) in [5.74, 6) is -0.256. The van der Waals surface area contributed by atoms with Crippen molar-refractivity contribution in [2.45, 2.75) is 18.8 Å². The molecule has 4 rings (SSSR count). The number of likely N-dealkylation sites (tertiary alicyclic amines) is 2. The van der Waals surface area contributed by atoms with Crippen LogP contribution in [0.3, 0.4) is 0 Å². The van der Waals surface area contributed by atoms with Gasteiger partial charge in [-0.3, -0.25) is 9.59 Å².